The molecule has 1 saturated carbocycles. The third-order valence-corrected chi connectivity index (χ3v) is 5.35. The van der Waals surface area contributed by atoms with E-state index in [9.17, 15) is 9.59 Å². The van der Waals surface area contributed by atoms with Gasteiger partial charge in [0.25, 0.3) is 0 Å². The summed E-state index contributed by atoms with van der Waals surface area (Å²) in [5.41, 5.74) is 0. The molecular weight excluding hydrogens is 294 g/mol. The Labute approximate surface area is 139 Å². The number of carboxylic acid groups (broad SMARTS) is 1. The maximum absolute atomic E-state index is 13.0. The molecule has 6 heteroatoms. The molecule has 1 saturated heterocycles. The molecule has 132 valence electrons. The Hall–Kier alpha value is -1.46. The highest BCUT2D eigenvalue weighted by Gasteiger charge is 2.36. The molecule has 0 radical (unpaired) electrons. The van der Waals surface area contributed by atoms with E-state index in [4.69, 9.17) is 5.11 Å². The summed E-state index contributed by atoms with van der Waals surface area (Å²) in [4.78, 5) is 29.6. The first-order valence-corrected chi connectivity index (χ1v) is 9.13. The number of carbonyl (C=O) groups excluding carboxylic acids is 1. The van der Waals surface area contributed by atoms with Gasteiger partial charge < -0.3 is 19.8 Å². The zero-order chi connectivity index (χ0) is 16.8. The van der Waals surface area contributed by atoms with Crippen molar-refractivity contribution in [3.05, 3.63) is 0 Å². The van der Waals surface area contributed by atoms with Crippen LogP contribution in [0.15, 0.2) is 0 Å². The summed E-state index contributed by atoms with van der Waals surface area (Å²) in [6.07, 6.45) is 6.51. The summed E-state index contributed by atoms with van der Waals surface area (Å²) < 4.78 is 0. The average Bonchev–Trinajstić information content (AvgIpc) is 2.57. The van der Waals surface area contributed by atoms with Crippen LogP contribution in [0, 0.1) is 0 Å². The van der Waals surface area contributed by atoms with Crippen LogP contribution in [0.1, 0.15) is 58.8 Å². The van der Waals surface area contributed by atoms with Gasteiger partial charge in [-0.05, 0) is 39.5 Å². The zero-order valence-corrected chi connectivity index (χ0v) is 14.5. The van der Waals surface area contributed by atoms with Gasteiger partial charge in [0.2, 0.25) is 0 Å². The van der Waals surface area contributed by atoms with E-state index in [1.165, 1.54) is 24.2 Å². The third kappa shape index (κ3) is 4.30. The predicted molar refractivity (Wildman–Crippen MR) is 89.6 cm³/mol. The van der Waals surface area contributed by atoms with Crippen LogP contribution in [0.2, 0.25) is 0 Å². The van der Waals surface area contributed by atoms with Gasteiger partial charge in [0, 0.05) is 38.3 Å². The number of rotatable bonds is 4. The maximum Gasteiger partial charge on any atom is 0.407 e. The van der Waals surface area contributed by atoms with Gasteiger partial charge in [-0.15, -0.1) is 0 Å². The molecule has 1 heterocycles. The van der Waals surface area contributed by atoms with Crippen LogP contribution in [0.25, 0.3) is 0 Å². The van der Waals surface area contributed by atoms with Gasteiger partial charge in [0.15, 0.2) is 0 Å². The summed E-state index contributed by atoms with van der Waals surface area (Å²) in [7, 11) is 0. The first-order chi connectivity index (χ1) is 11.1. The first-order valence-electron chi connectivity index (χ1n) is 9.13. The van der Waals surface area contributed by atoms with E-state index in [0.29, 0.717) is 19.1 Å². The monoisotopic (exact) mass is 325 g/mol. The Balaban J connectivity index is 2.10. The van der Waals surface area contributed by atoms with E-state index in [-0.39, 0.29) is 12.1 Å². The fourth-order valence-electron chi connectivity index (χ4n) is 3.96. The fourth-order valence-corrected chi connectivity index (χ4v) is 3.96. The highest BCUT2D eigenvalue weighted by molar-refractivity contribution is 5.75. The van der Waals surface area contributed by atoms with Gasteiger partial charge in [-0.1, -0.05) is 19.3 Å². The minimum atomic E-state index is -0.845. The van der Waals surface area contributed by atoms with E-state index in [1.807, 2.05) is 18.7 Å². The number of likely N-dealkylation sites (tertiary alicyclic amines) is 1. The molecular formula is C17H31N3O3. The van der Waals surface area contributed by atoms with Crippen LogP contribution in [0.4, 0.5) is 9.59 Å². The first kappa shape index (κ1) is 17.9. The summed E-state index contributed by atoms with van der Waals surface area (Å²) in [5.74, 6) is 0. The Kier molecular flexibility index (Phi) is 6.54. The third-order valence-electron chi connectivity index (χ3n) is 5.35. The molecule has 23 heavy (non-hydrogen) atoms. The van der Waals surface area contributed by atoms with Crippen LogP contribution >= 0.6 is 0 Å². The number of amides is 3. The predicted octanol–water partition coefficient (Wildman–Crippen LogP) is 3.23. The summed E-state index contributed by atoms with van der Waals surface area (Å²) in [6, 6.07) is 0.663. The number of nitrogens with zero attached hydrogens (tertiary/aromatic N) is 3. The van der Waals surface area contributed by atoms with Crippen molar-refractivity contribution in [2.75, 3.05) is 26.2 Å². The fraction of sp³-hybridized carbons (Fsp3) is 0.882. The van der Waals surface area contributed by atoms with Gasteiger partial charge in [-0.25, -0.2) is 9.59 Å². The normalized spacial score (nSPS) is 20.3. The zero-order valence-electron chi connectivity index (χ0n) is 14.5. The van der Waals surface area contributed by atoms with Gasteiger partial charge in [-0.3, -0.25) is 0 Å². The quantitative estimate of drug-likeness (QED) is 0.863. The second kappa shape index (κ2) is 8.41. The molecule has 0 aromatic carbocycles. The van der Waals surface area contributed by atoms with Gasteiger partial charge >= 0.3 is 12.1 Å². The van der Waals surface area contributed by atoms with Gasteiger partial charge in [0.1, 0.15) is 0 Å². The molecule has 6 nitrogen and oxygen atoms in total. The summed E-state index contributed by atoms with van der Waals surface area (Å²) >= 11 is 0. The standard InChI is InChI=1S/C17H31N3O3/c1-3-18(4-2)16(21)20(14-8-6-5-7-9-14)15-10-12-19(13-11-15)17(22)23/h14-15H,3-13H2,1-2H3,(H,22,23). The molecule has 1 aliphatic heterocycles. The van der Waals surface area contributed by atoms with Crippen molar-refractivity contribution in [2.24, 2.45) is 0 Å². The minimum absolute atomic E-state index is 0.149. The van der Waals surface area contributed by atoms with Crippen molar-refractivity contribution >= 4 is 12.1 Å². The van der Waals surface area contributed by atoms with E-state index < -0.39 is 6.09 Å². The Morgan fingerprint density at radius 3 is 1.96 bits per heavy atom. The Bertz CT molecular complexity index is 398. The molecule has 2 rings (SSSR count). The van der Waals surface area contributed by atoms with E-state index >= 15 is 0 Å². The highest BCUT2D eigenvalue weighted by atomic mass is 16.4. The van der Waals surface area contributed by atoms with Crippen LogP contribution in [0.3, 0.4) is 0 Å². The molecule has 0 aromatic rings. The lowest BCUT2D eigenvalue weighted by atomic mass is 9.91. The largest absolute Gasteiger partial charge is 0.465 e. The molecule has 0 aromatic heterocycles. The molecule has 1 aliphatic carbocycles. The van der Waals surface area contributed by atoms with E-state index in [0.717, 1.165) is 38.8 Å². The topological polar surface area (TPSA) is 64.1 Å². The van der Waals surface area contributed by atoms with Crippen molar-refractivity contribution < 1.29 is 14.7 Å². The Morgan fingerprint density at radius 1 is 0.957 bits per heavy atom. The number of hydrogen-bond donors (Lipinski definition) is 1. The molecule has 1 N–H and O–H groups in total. The number of carbonyl (C=O) groups is 2. The smallest absolute Gasteiger partial charge is 0.407 e. The lowest BCUT2D eigenvalue weighted by Crippen LogP contribution is -2.56. The van der Waals surface area contributed by atoms with Gasteiger partial charge in [-0.2, -0.15) is 0 Å². The summed E-state index contributed by atoms with van der Waals surface area (Å²) in [5, 5.41) is 9.12. The second-order valence-electron chi connectivity index (χ2n) is 6.65. The minimum Gasteiger partial charge on any atom is -0.465 e. The van der Waals surface area contributed by atoms with Crippen molar-refractivity contribution in [3.8, 4) is 0 Å². The van der Waals surface area contributed by atoms with E-state index in [2.05, 4.69) is 4.90 Å². The van der Waals surface area contributed by atoms with Gasteiger partial charge in [0.05, 0.1) is 0 Å². The molecule has 3 amide bonds. The second-order valence-corrected chi connectivity index (χ2v) is 6.65. The van der Waals surface area contributed by atoms with Crippen molar-refractivity contribution in [2.45, 2.75) is 70.9 Å². The highest BCUT2D eigenvalue weighted by Crippen LogP contribution is 2.29. The lowest BCUT2D eigenvalue weighted by molar-refractivity contribution is 0.0625. The SMILES string of the molecule is CCN(CC)C(=O)N(C1CCCCC1)C1CCN(C(=O)O)CC1. The number of urea groups is 1. The molecule has 0 bridgehead atoms. The van der Waals surface area contributed by atoms with Crippen molar-refractivity contribution in [1.29, 1.82) is 0 Å². The average molecular weight is 325 g/mol. The van der Waals surface area contributed by atoms with E-state index in [1.54, 1.807) is 0 Å². The molecule has 0 unspecified atom stereocenters. The molecule has 0 spiro atoms. The lowest BCUT2D eigenvalue weighted by Gasteiger charge is -2.45. The number of hydrogen-bond acceptors (Lipinski definition) is 2. The van der Waals surface area contributed by atoms with Crippen LogP contribution < -0.4 is 0 Å². The maximum atomic E-state index is 13.0. The van der Waals surface area contributed by atoms with Crippen molar-refractivity contribution in [3.63, 3.8) is 0 Å². The van der Waals surface area contributed by atoms with Crippen LogP contribution in [0.5, 0.6) is 0 Å². The van der Waals surface area contributed by atoms with Crippen LogP contribution in [-0.2, 0) is 0 Å². The van der Waals surface area contributed by atoms with Crippen molar-refractivity contribution in [1.82, 2.24) is 14.7 Å². The number of piperidine rings is 1. The Morgan fingerprint density at radius 2 is 1.48 bits per heavy atom. The molecule has 0 atom stereocenters. The summed E-state index contributed by atoms with van der Waals surface area (Å²) in [6.45, 7) is 6.57. The molecule has 2 fully saturated rings. The van der Waals surface area contributed by atoms with Crippen LogP contribution in [-0.4, -0.2) is 70.2 Å². The molecule has 2 aliphatic rings.